The second kappa shape index (κ2) is 6.55. The van der Waals surface area contributed by atoms with Crippen LogP contribution in [0.2, 0.25) is 0 Å². The Bertz CT molecular complexity index is 337. The summed E-state index contributed by atoms with van der Waals surface area (Å²) in [6.45, 7) is 2.78. The minimum atomic E-state index is -0.0554. The SMILES string of the molecule is CNCc1ccc(SC(C)C(=O)NC)cc1. The number of rotatable bonds is 5. The largest absolute Gasteiger partial charge is 0.358 e. The standard InChI is InChI=1S/C12H18N2OS/c1-9(12(15)14-3)16-11-6-4-10(5-7-11)8-13-2/h4-7,9,13H,8H2,1-3H3,(H,14,15). The van der Waals surface area contributed by atoms with E-state index in [1.807, 2.05) is 14.0 Å². The van der Waals surface area contributed by atoms with E-state index in [0.717, 1.165) is 11.4 Å². The van der Waals surface area contributed by atoms with Crippen molar-refractivity contribution in [3.05, 3.63) is 29.8 Å². The van der Waals surface area contributed by atoms with Crippen LogP contribution in [0.1, 0.15) is 12.5 Å². The summed E-state index contributed by atoms with van der Waals surface area (Å²) in [7, 11) is 3.59. The van der Waals surface area contributed by atoms with Crippen LogP contribution in [0.3, 0.4) is 0 Å². The maximum absolute atomic E-state index is 11.3. The summed E-state index contributed by atoms with van der Waals surface area (Å²) in [5, 5.41) is 5.69. The summed E-state index contributed by atoms with van der Waals surface area (Å²) in [4.78, 5) is 12.5. The molecular weight excluding hydrogens is 220 g/mol. The van der Waals surface area contributed by atoms with Crippen molar-refractivity contribution < 1.29 is 4.79 Å². The summed E-state index contributed by atoms with van der Waals surface area (Å²) in [6.07, 6.45) is 0. The highest BCUT2D eigenvalue weighted by Crippen LogP contribution is 2.23. The highest BCUT2D eigenvalue weighted by molar-refractivity contribution is 8.00. The molecule has 1 aromatic carbocycles. The Labute approximate surface area is 101 Å². The zero-order chi connectivity index (χ0) is 12.0. The minimum absolute atomic E-state index is 0.0554. The summed E-state index contributed by atoms with van der Waals surface area (Å²) in [5.74, 6) is 0.0595. The van der Waals surface area contributed by atoms with E-state index in [0.29, 0.717) is 0 Å². The van der Waals surface area contributed by atoms with Gasteiger partial charge in [0.2, 0.25) is 5.91 Å². The van der Waals surface area contributed by atoms with E-state index in [1.54, 1.807) is 18.8 Å². The molecule has 1 aromatic rings. The quantitative estimate of drug-likeness (QED) is 0.766. The van der Waals surface area contributed by atoms with Crippen LogP contribution in [-0.4, -0.2) is 25.3 Å². The smallest absolute Gasteiger partial charge is 0.232 e. The van der Waals surface area contributed by atoms with Crippen molar-refractivity contribution in [2.24, 2.45) is 0 Å². The fraction of sp³-hybridized carbons (Fsp3) is 0.417. The summed E-state index contributed by atoms with van der Waals surface area (Å²) in [6, 6.07) is 8.26. The number of benzene rings is 1. The molecule has 0 saturated heterocycles. The lowest BCUT2D eigenvalue weighted by molar-refractivity contribution is -0.119. The van der Waals surface area contributed by atoms with Crippen LogP contribution in [0.4, 0.5) is 0 Å². The first kappa shape index (κ1) is 13.1. The lowest BCUT2D eigenvalue weighted by atomic mass is 10.2. The third-order valence-corrected chi connectivity index (χ3v) is 3.34. The average molecular weight is 238 g/mol. The fourth-order valence-corrected chi connectivity index (χ4v) is 2.28. The maximum atomic E-state index is 11.3. The lowest BCUT2D eigenvalue weighted by Crippen LogP contribution is -2.27. The maximum Gasteiger partial charge on any atom is 0.232 e. The monoisotopic (exact) mass is 238 g/mol. The van der Waals surface area contributed by atoms with Gasteiger partial charge in [-0.1, -0.05) is 12.1 Å². The van der Waals surface area contributed by atoms with Crippen LogP contribution in [0.25, 0.3) is 0 Å². The van der Waals surface area contributed by atoms with Gasteiger partial charge < -0.3 is 10.6 Å². The van der Waals surface area contributed by atoms with E-state index in [9.17, 15) is 4.79 Å². The van der Waals surface area contributed by atoms with Crippen LogP contribution >= 0.6 is 11.8 Å². The van der Waals surface area contributed by atoms with Crippen LogP contribution in [0.5, 0.6) is 0 Å². The second-order valence-corrected chi connectivity index (χ2v) is 4.96. The van der Waals surface area contributed by atoms with Gasteiger partial charge in [0, 0.05) is 18.5 Å². The first-order chi connectivity index (χ1) is 7.67. The summed E-state index contributed by atoms with van der Waals surface area (Å²) in [5.41, 5.74) is 1.25. The van der Waals surface area contributed by atoms with Crippen molar-refractivity contribution in [3.8, 4) is 0 Å². The number of thioether (sulfide) groups is 1. The third-order valence-electron chi connectivity index (χ3n) is 2.23. The Hall–Kier alpha value is -1.00. The molecule has 16 heavy (non-hydrogen) atoms. The molecule has 1 atom stereocenters. The Morgan fingerprint density at radius 3 is 2.44 bits per heavy atom. The van der Waals surface area contributed by atoms with Gasteiger partial charge >= 0.3 is 0 Å². The molecule has 4 heteroatoms. The zero-order valence-corrected chi connectivity index (χ0v) is 10.7. The van der Waals surface area contributed by atoms with Crippen molar-refractivity contribution in [2.45, 2.75) is 23.6 Å². The van der Waals surface area contributed by atoms with E-state index < -0.39 is 0 Å². The molecule has 2 N–H and O–H groups in total. The molecule has 0 aliphatic rings. The van der Waals surface area contributed by atoms with E-state index in [-0.39, 0.29) is 11.2 Å². The number of amides is 1. The average Bonchev–Trinajstić information content (AvgIpc) is 2.31. The first-order valence-electron chi connectivity index (χ1n) is 5.29. The lowest BCUT2D eigenvalue weighted by Gasteiger charge is -2.09. The molecular formula is C12H18N2OS. The first-order valence-corrected chi connectivity index (χ1v) is 6.17. The topological polar surface area (TPSA) is 41.1 Å². The molecule has 0 fully saturated rings. The minimum Gasteiger partial charge on any atom is -0.358 e. The third kappa shape index (κ3) is 3.87. The number of nitrogens with one attached hydrogen (secondary N) is 2. The van der Waals surface area contributed by atoms with Gasteiger partial charge in [-0.05, 0) is 31.7 Å². The molecule has 88 valence electrons. The van der Waals surface area contributed by atoms with Gasteiger partial charge in [0.05, 0.1) is 5.25 Å². The Kier molecular flexibility index (Phi) is 5.35. The molecule has 0 saturated carbocycles. The zero-order valence-electron chi connectivity index (χ0n) is 9.91. The van der Waals surface area contributed by atoms with Crippen LogP contribution in [0, 0.1) is 0 Å². The van der Waals surface area contributed by atoms with Gasteiger partial charge in [-0.15, -0.1) is 11.8 Å². The molecule has 0 heterocycles. The predicted molar refractivity (Wildman–Crippen MR) is 68.6 cm³/mol. The van der Waals surface area contributed by atoms with Crippen molar-refractivity contribution in [1.29, 1.82) is 0 Å². The predicted octanol–water partition coefficient (Wildman–Crippen LogP) is 1.63. The van der Waals surface area contributed by atoms with Gasteiger partial charge in [0.25, 0.3) is 0 Å². The van der Waals surface area contributed by atoms with Gasteiger partial charge in [-0.2, -0.15) is 0 Å². The fourth-order valence-electron chi connectivity index (χ4n) is 1.35. The molecule has 1 amide bonds. The molecule has 0 spiro atoms. The van der Waals surface area contributed by atoms with Crippen LogP contribution < -0.4 is 10.6 Å². The Morgan fingerprint density at radius 1 is 1.31 bits per heavy atom. The molecule has 3 nitrogen and oxygen atoms in total. The molecule has 0 aromatic heterocycles. The van der Waals surface area contributed by atoms with Crippen LogP contribution in [0.15, 0.2) is 29.2 Å². The van der Waals surface area contributed by atoms with E-state index >= 15 is 0 Å². The van der Waals surface area contributed by atoms with Crippen molar-refractivity contribution in [1.82, 2.24) is 10.6 Å². The van der Waals surface area contributed by atoms with Gasteiger partial charge in [-0.25, -0.2) is 0 Å². The van der Waals surface area contributed by atoms with E-state index in [1.165, 1.54) is 5.56 Å². The Balaban J connectivity index is 2.58. The molecule has 1 unspecified atom stereocenters. The van der Waals surface area contributed by atoms with Gasteiger partial charge in [0.1, 0.15) is 0 Å². The van der Waals surface area contributed by atoms with E-state index in [2.05, 4.69) is 34.9 Å². The van der Waals surface area contributed by atoms with Crippen molar-refractivity contribution in [3.63, 3.8) is 0 Å². The number of hydrogen-bond acceptors (Lipinski definition) is 3. The number of hydrogen-bond donors (Lipinski definition) is 2. The second-order valence-electron chi connectivity index (χ2n) is 3.55. The Morgan fingerprint density at radius 2 is 1.94 bits per heavy atom. The van der Waals surface area contributed by atoms with Gasteiger partial charge in [0.15, 0.2) is 0 Å². The highest BCUT2D eigenvalue weighted by atomic mass is 32.2. The summed E-state index contributed by atoms with van der Waals surface area (Å²) >= 11 is 1.57. The molecule has 0 radical (unpaired) electrons. The molecule has 0 bridgehead atoms. The summed E-state index contributed by atoms with van der Waals surface area (Å²) < 4.78 is 0. The van der Waals surface area contributed by atoms with Crippen molar-refractivity contribution >= 4 is 17.7 Å². The van der Waals surface area contributed by atoms with Crippen LogP contribution in [-0.2, 0) is 11.3 Å². The normalized spacial score (nSPS) is 12.2. The number of carbonyl (C=O) groups excluding carboxylic acids is 1. The van der Waals surface area contributed by atoms with Gasteiger partial charge in [-0.3, -0.25) is 4.79 Å². The molecule has 1 rings (SSSR count). The number of carbonyl (C=O) groups is 1. The molecule has 0 aliphatic heterocycles. The van der Waals surface area contributed by atoms with E-state index in [4.69, 9.17) is 0 Å². The highest BCUT2D eigenvalue weighted by Gasteiger charge is 2.11. The molecule has 0 aliphatic carbocycles. The van der Waals surface area contributed by atoms with Crippen molar-refractivity contribution in [2.75, 3.05) is 14.1 Å².